The minimum atomic E-state index is -1.02. The van der Waals surface area contributed by atoms with Crippen molar-refractivity contribution in [1.29, 1.82) is 0 Å². The number of carbonyl (C=O) groups is 1. The molecule has 0 aliphatic heterocycles. The molecule has 0 unspecified atom stereocenters. The van der Waals surface area contributed by atoms with E-state index in [2.05, 4.69) is 4.74 Å². The second kappa shape index (κ2) is 3.51. The fourth-order valence-electron chi connectivity index (χ4n) is 0.908. The van der Waals surface area contributed by atoms with Gasteiger partial charge in [-0.3, -0.25) is 0 Å². The summed E-state index contributed by atoms with van der Waals surface area (Å²) in [4.78, 5) is 10.9. The summed E-state index contributed by atoms with van der Waals surface area (Å²) < 4.78 is 4.42. The van der Waals surface area contributed by atoms with Crippen molar-refractivity contribution in [2.45, 2.75) is 12.2 Å². The maximum atomic E-state index is 10.9. The standard InChI is InChI=1S/C8H10O4/c1-12-8(11)5-2-3-6(9)7(10)4-5/h2-4,6-7,9-10H,1H3/t6-,7-/m1/s1. The van der Waals surface area contributed by atoms with Gasteiger partial charge in [0.05, 0.1) is 12.7 Å². The SMILES string of the molecule is COC(=O)C1=C[C@@H](O)[C@H](O)C=C1. The summed E-state index contributed by atoms with van der Waals surface area (Å²) in [7, 11) is 1.26. The van der Waals surface area contributed by atoms with Gasteiger partial charge in [-0.1, -0.05) is 6.08 Å². The third kappa shape index (κ3) is 1.72. The summed E-state index contributed by atoms with van der Waals surface area (Å²) in [5.41, 5.74) is 0.260. The first kappa shape index (κ1) is 8.96. The van der Waals surface area contributed by atoms with Crippen LogP contribution in [0.2, 0.25) is 0 Å². The van der Waals surface area contributed by atoms with Crippen molar-refractivity contribution >= 4 is 5.97 Å². The molecular formula is C8H10O4. The largest absolute Gasteiger partial charge is 0.465 e. The Morgan fingerprint density at radius 2 is 2.17 bits per heavy atom. The highest BCUT2D eigenvalue weighted by molar-refractivity contribution is 5.91. The van der Waals surface area contributed by atoms with E-state index in [4.69, 9.17) is 10.2 Å². The normalized spacial score (nSPS) is 28.1. The Hall–Kier alpha value is -1.13. The number of methoxy groups -OCH3 is 1. The number of aliphatic hydroxyl groups is 2. The topological polar surface area (TPSA) is 66.8 Å². The molecule has 0 aromatic carbocycles. The maximum absolute atomic E-state index is 10.9. The van der Waals surface area contributed by atoms with Gasteiger partial charge in [0.15, 0.2) is 0 Å². The lowest BCUT2D eigenvalue weighted by atomic mass is 10.0. The zero-order valence-electron chi connectivity index (χ0n) is 6.60. The second-order valence-electron chi connectivity index (χ2n) is 2.45. The molecule has 0 amide bonds. The van der Waals surface area contributed by atoms with Gasteiger partial charge in [-0.2, -0.15) is 0 Å². The minimum Gasteiger partial charge on any atom is -0.465 e. The van der Waals surface area contributed by atoms with Gasteiger partial charge in [0.25, 0.3) is 0 Å². The van der Waals surface area contributed by atoms with Crippen LogP contribution in [-0.4, -0.2) is 35.5 Å². The van der Waals surface area contributed by atoms with E-state index in [0.717, 1.165) is 0 Å². The molecule has 1 rings (SSSR count). The molecule has 0 aromatic rings. The third-order valence-electron chi connectivity index (χ3n) is 1.59. The van der Waals surface area contributed by atoms with Crippen LogP contribution < -0.4 is 0 Å². The first-order valence-electron chi connectivity index (χ1n) is 3.49. The van der Waals surface area contributed by atoms with Crippen molar-refractivity contribution in [2.75, 3.05) is 7.11 Å². The van der Waals surface area contributed by atoms with E-state index in [1.54, 1.807) is 0 Å². The molecule has 66 valence electrons. The zero-order chi connectivity index (χ0) is 9.14. The number of rotatable bonds is 1. The van der Waals surface area contributed by atoms with Gasteiger partial charge in [0.1, 0.15) is 12.2 Å². The Labute approximate surface area is 69.8 Å². The predicted molar refractivity (Wildman–Crippen MR) is 41.3 cm³/mol. The van der Waals surface area contributed by atoms with E-state index in [-0.39, 0.29) is 5.57 Å². The molecule has 0 radical (unpaired) electrons. The smallest absolute Gasteiger partial charge is 0.337 e. The summed E-state index contributed by atoms with van der Waals surface area (Å²) >= 11 is 0. The minimum absolute atomic E-state index is 0.260. The molecule has 4 nitrogen and oxygen atoms in total. The zero-order valence-corrected chi connectivity index (χ0v) is 6.60. The van der Waals surface area contributed by atoms with Gasteiger partial charge < -0.3 is 14.9 Å². The second-order valence-corrected chi connectivity index (χ2v) is 2.45. The van der Waals surface area contributed by atoms with Gasteiger partial charge in [-0.05, 0) is 12.2 Å². The highest BCUT2D eigenvalue weighted by Crippen LogP contribution is 2.11. The van der Waals surface area contributed by atoms with Crippen LogP contribution in [-0.2, 0) is 9.53 Å². The van der Waals surface area contributed by atoms with Gasteiger partial charge in [-0.25, -0.2) is 4.79 Å². The van der Waals surface area contributed by atoms with Crippen molar-refractivity contribution < 1.29 is 19.7 Å². The maximum Gasteiger partial charge on any atom is 0.337 e. The van der Waals surface area contributed by atoms with E-state index < -0.39 is 18.2 Å². The molecule has 12 heavy (non-hydrogen) atoms. The molecule has 0 aromatic heterocycles. The molecule has 2 atom stereocenters. The van der Waals surface area contributed by atoms with E-state index in [0.29, 0.717) is 0 Å². The van der Waals surface area contributed by atoms with Crippen LogP contribution in [0.1, 0.15) is 0 Å². The van der Waals surface area contributed by atoms with Crippen LogP contribution in [0, 0.1) is 0 Å². The Morgan fingerprint density at radius 1 is 1.50 bits per heavy atom. The number of hydrogen-bond donors (Lipinski definition) is 2. The molecule has 1 aliphatic rings. The first-order valence-corrected chi connectivity index (χ1v) is 3.49. The fourth-order valence-corrected chi connectivity index (χ4v) is 0.908. The fraction of sp³-hybridized carbons (Fsp3) is 0.375. The van der Waals surface area contributed by atoms with Crippen LogP contribution in [0.5, 0.6) is 0 Å². The van der Waals surface area contributed by atoms with Crippen LogP contribution in [0.4, 0.5) is 0 Å². The Morgan fingerprint density at radius 3 is 2.67 bits per heavy atom. The van der Waals surface area contributed by atoms with E-state index in [1.807, 2.05) is 0 Å². The number of esters is 1. The molecular weight excluding hydrogens is 160 g/mol. The van der Waals surface area contributed by atoms with Gasteiger partial charge in [-0.15, -0.1) is 0 Å². The van der Waals surface area contributed by atoms with Crippen molar-refractivity contribution in [1.82, 2.24) is 0 Å². The van der Waals surface area contributed by atoms with Gasteiger partial charge >= 0.3 is 5.97 Å². The molecule has 2 N–H and O–H groups in total. The predicted octanol–water partition coefficient (Wildman–Crippen LogP) is -0.623. The van der Waals surface area contributed by atoms with Gasteiger partial charge in [0, 0.05) is 0 Å². The summed E-state index contributed by atoms with van der Waals surface area (Å²) in [5.74, 6) is -0.516. The summed E-state index contributed by atoms with van der Waals surface area (Å²) in [5, 5.41) is 18.1. The molecule has 4 heteroatoms. The molecule has 0 saturated carbocycles. The molecule has 0 bridgehead atoms. The summed E-state index contributed by atoms with van der Waals surface area (Å²) in [6.07, 6.45) is 2.07. The lowest BCUT2D eigenvalue weighted by Crippen LogP contribution is -2.25. The van der Waals surface area contributed by atoms with Crippen LogP contribution >= 0.6 is 0 Å². The molecule has 1 aliphatic carbocycles. The van der Waals surface area contributed by atoms with Crippen LogP contribution in [0.15, 0.2) is 23.8 Å². The van der Waals surface area contributed by atoms with Crippen LogP contribution in [0.25, 0.3) is 0 Å². The van der Waals surface area contributed by atoms with E-state index in [1.165, 1.54) is 25.3 Å². The van der Waals surface area contributed by atoms with E-state index in [9.17, 15) is 4.79 Å². The lowest BCUT2D eigenvalue weighted by molar-refractivity contribution is -0.135. The molecule has 0 heterocycles. The molecule has 0 saturated heterocycles. The lowest BCUT2D eigenvalue weighted by Gasteiger charge is -2.15. The average molecular weight is 170 g/mol. The quantitative estimate of drug-likeness (QED) is 0.514. The monoisotopic (exact) mass is 170 g/mol. The average Bonchev–Trinajstić information content (AvgIpc) is 2.08. The summed E-state index contributed by atoms with van der Waals surface area (Å²) in [6.45, 7) is 0. The van der Waals surface area contributed by atoms with Gasteiger partial charge in [0.2, 0.25) is 0 Å². The van der Waals surface area contributed by atoms with Crippen molar-refractivity contribution in [2.24, 2.45) is 0 Å². The number of carbonyl (C=O) groups excluding carboxylic acids is 1. The first-order chi connectivity index (χ1) is 5.65. The molecule has 0 fully saturated rings. The van der Waals surface area contributed by atoms with Crippen molar-refractivity contribution in [3.8, 4) is 0 Å². The number of ether oxygens (including phenoxy) is 1. The Bertz CT molecular complexity index is 241. The molecule has 0 spiro atoms. The third-order valence-corrected chi connectivity index (χ3v) is 1.59. The highest BCUT2D eigenvalue weighted by atomic mass is 16.5. The van der Waals surface area contributed by atoms with Crippen molar-refractivity contribution in [3.05, 3.63) is 23.8 Å². The summed E-state index contributed by atoms with van der Waals surface area (Å²) in [6, 6.07) is 0. The van der Waals surface area contributed by atoms with Crippen LogP contribution in [0.3, 0.4) is 0 Å². The Kier molecular flexibility index (Phi) is 2.62. The highest BCUT2D eigenvalue weighted by Gasteiger charge is 2.18. The number of hydrogen-bond acceptors (Lipinski definition) is 4. The Balaban J connectivity index is 2.76. The van der Waals surface area contributed by atoms with Crippen molar-refractivity contribution in [3.63, 3.8) is 0 Å². The number of aliphatic hydroxyl groups excluding tert-OH is 2. The van der Waals surface area contributed by atoms with E-state index >= 15 is 0 Å².